The van der Waals surface area contributed by atoms with Gasteiger partial charge in [-0.15, -0.1) is 0 Å². The van der Waals surface area contributed by atoms with Crippen molar-refractivity contribution in [2.24, 2.45) is 0 Å². The summed E-state index contributed by atoms with van der Waals surface area (Å²) in [5.74, 6) is 1.48. The Morgan fingerprint density at radius 2 is 1.89 bits per heavy atom. The molecule has 1 heterocycles. The van der Waals surface area contributed by atoms with Crippen LogP contribution in [0, 0.1) is 0 Å². The van der Waals surface area contributed by atoms with Gasteiger partial charge in [-0.25, -0.2) is 9.97 Å². The van der Waals surface area contributed by atoms with Gasteiger partial charge in [0.05, 0.1) is 12.7 Å². The number of ether oxygens (including phenoxy) is 1. The molecule has 0 aliphatic rings. The zero-order valence-corrected chi connectivity index (χ0v) is 10.7. The van der Waals surface area contributed by atoms with Crippen LogP contribution in [0.2, 0.25) is 0 Å². The molecule has 18 heavy (non-hydrogen) atoms. The van der Waals surface area contributed by atoms with E-state index in [9.17, 15) is 0 Å². The van der Waals surface area contributed by atoms with E-state index in [1.807, 2.05) is 36.7 Å². The molecule has 0 radical (unpaired) electrons. The topological polar surface area (TPSA) is 47.0 Å². The van der Waals surface area contributed by atoms with Gasteiger partial charge in [0.1, 0.15) is 5.75 Å². The van der Waals surface area contributed by atoms with Gasteiger partial charge >= 0.3 is 0 Å². The lowest BCUT2D eigenvalue weighted by molar-refractivity contribution is 0.416. The molecule has 4 heteroatoms. The van der Waals surface area contributed by atoms with Crippen LogP contribution in [-0.4, -0.2) is 23.6 Å². The van der Waals surface area contributed by atoms with E-state index in [1.165, 1.54) is 0 Å². The monoisotopic (exact) mass is 243 g/mol. The molecule has 0 aliphatic carbocycles. The summed E-state index contributed by atoms with van der Waals surface area (Å²) < 4.78 is 5.30. The Bertz CT molecular complexity index is 497. The summed E-state index contributed by atoms with van der Waals surface area (Å²) in [6.45, 7) is 3.81. The summed E-state index contributed by atoms with van der Waals surface area (Å²) >= 11 is 0. The van der Waals surface area contributed by atoms with E-state index in [1.54, 1.807) is 7.11 Å². The second-order valence-corrected chi connectivity index (χ2v) is 3.90. The number of nitrogens with zero attached hydrogens (tertiary/aromatic N) is 2. The van der Waals surface area contributed by atoms with Gasteiger partial charge in [-0.2, -0.15) is 0 Å². The fraction of sp³-hybridized carbons (Fsp3) is 0.286. The maximum absolute atomic E-state index is 5.30. The lowest BCUT2D eigenvalue weighted by Crippen LogP contribution is -2.12. The molecule has 1 aromatic heterocycles. The molecule has 94 valence electrons. The van der Waals surface area contributed by atoms with Crippen molar-refractivity contribution in [3.05, 3.63) is 42.2 Å². The first-order valence-electron chi connectivity index (χ1n) is 6.00. The highest BCUT2D eigenvalue weighted by molar-refractivity contribution is 5.63. The lowest BCUT2D eigenvalue weighted by Gasteiger charge is -2.07. The van der Waals surface area contributed by atoms with Crippen molar-refractivity contribution in [1.82, 2.24) is 15.3 Å². The van der Waals surface area contributed by atoms with Crippen molar-refractivity contribution < 1.29 is 4.74 Å². The van der Waals surface area contributed by atoms with Gasteiger partial charge in [0.2, 0.25) is 0 Å². The Balaban J connectivity index is 2.23. The summed E-state index contributed by atoms with van der Waals surface area (Å²) in [5, 5.41) is 3.24. The number of hydrogen-bond acceptors (Lipinski definition) is 4. The molecular formula is C14H17N3O. The average molecular weight is 243 g/mol. The third kappa shape index (κ3) is 2.84. The predicted molar refractivity (Wildman–Crippen MR) is 71.4 cm³/mol. The van der Waals surface area contributed by atoms with Crippen LogP contribution in [0.25, 0.3) is 11.4 Å². The van der Waals surface area contributed by atoms with E-state index >= 15 is 0 Å². The highest BCUT2D eigenvalue weighted by Crippen LogP contribution is 2.26. The van der Waals surface area contributed by atoms with E-state index < -0.39 is 0 Å². The van der Waals surface area contributed by atoms with Gasteiger partial charge in [-0.1, -0.05) is 19.1 Å². The molecule has 4 nitrogen and oxygen atoms in total. The Morgan fingerprint density at radius 1 is 1.17 bits per heavy atom. The van der Waals surface area contributed by atoms with Crippen LogP contribution in [0.3, 0.4) is 0 Å². The number of rotatable bonds is 5. The number of para-hydroxylation sites is 1. The molecule has 0 fully saturated rings. The number of nitrogens with one attached hydrogen (secondary N) is 1. The first kappa shape index (κ1) is 12.5. The molecule has 0 spiro atoms. The van der Waals surface area contributed by atoms with Crippen LogP contribution < -0.4 is 10.1 Å². The van der Waals surface area contributed by atoms with Gasteiger partial charge < -0.3 is 10.1 Å². The van der Waals surface area contributed by atoms with Crippen LogP contribution in [0.1, 0.15) is 12.5 Å². The quantitative estimate of drug-likeness (QED) is 0.875. The summed E-state index contributed by atoms with van der Waals surface area (Å²) in [7, 11) is 1.65. The number of benzene rings is 1. The summed E-state index contributed by atoms with van der Waals surface area (Å²) in [6.07, 6.45) is 3.69. The molecule has 2 aromatic rings. The highest BCUT2D eigenvalue weighted by atomic mass is 16.5. The first-order chi connectivity index (χ1) is 8.85. The second-order valence-electron chi connectivity index (χ2n) is 3.90. The van der Waals surface area contributed by atoms with Crippen molar-refractivity contribution in [2.75, 3.05) is 13.7 Å². The molecule has 2 rings (SSSR count). The molecule has 0 aliphatic heterocycles. The summed E-state index contributed by atoms with van der Waals surface area (Å²) in [5.41, 5.74) is 1.99. The number of methoxy groups -OCH3 is 1. The van der Waals surface area contributed by atoms with Gasteiger partial charge in [-0.3, -0.25) is 0 Å². The fourth-order valence-corrected chi connectivity index (χ4v) is 1.68. The van der Waals surface area contributed by atoms with Gasteiger partial charge in [0.15, 0.2) is 5.82 Å². The van der Waals surface area contributed by atoms with E-state index in [0.717, 1.165) is 30.0 Å². The van der Waals surface area contributed by atoms with E-state index in [4.69, 9.17) is 4.74 Å². The maximum atomic E-state index is 5.30. The predicted octanol–water partition coefficient (Wildman–Crippen LogP) is 2.26. The van der Waals surface area contributed by atoms with Gasteiger partial charge in [0.25, 0.3) is 0 Å². The molecule has 1 N–H and O–H groups in total. The van der Waals surface area contributed by atoms with Gasteiger partial charge in [0, 0.05) is 24.5 Å². The smallest absolute Gasteiger partial charge is 0.162 e. The largest absolute Gasteiger partial charge is 0.496 e. The van der Waals surface area contributed by atoms with Crippen LogP contribution in [0.4, 0.5) is 0 Å². The Kier molecular flexibility index (Phi) is 4.25. The van der Waals surface area contributed by atoms with E-state index in [0.29, 0.717) is 5.82 Å². The Labute approximate surface area is 107 Å². The van der Waals surface area contributed by atoms with E-state index in [2.05, 4.69) is 22.2 Å². The minimum absolute atomic E-state index is 0.688. The molecule has 0 saturated carbocycles. The normalized spacial score (nSPS) is 10.3. The number of aromatic nitrogens is 2. The van der Waals surface area contributed by atoms with Crippen LogP contribution in [-0.2, 0) is 6.54 Å². The fourth-order valence-electron chi connectivity index (χ4n) is 1.68. The molecule has 0 atom stereocenters. The maximum Gasteiger partial charge on any atom is 0.162 e. The molecule has 1 aromatic carbocycles. The molecule has 0 saturated heterocycles. The Hall–Kier alpha value is -1.94. The van der Waals surface area contributed by atoms with Crippen molar-refractivity contribution in [3.8, 4) is 17.1 Å². The second kappa shape index (κ2) is 6.12. The first-order valence-corrected chi connectivity index (χ1v) is 6.00. The zero-order valence-electron chi connectivity index (χ0n) is 10.7. The van der Waals surface area contributed by atoms with Crippen LogP contribution in [0.15, 0.2) is 36.7 Å². The third-order valence-corrected chi connectivity index (χ3v) is 2.63. The number of hydrogen-bond donors (Lipinski definition) is 1. The van der Waals surface area contributed by atoms with E-state index in [-0.39, 0.29) is 0 Å². The average Bonchev–Trinajstić information content (AvgIpc) is 2.45. The molecule has 0 bridgehead atoms. The summed E-state index contributed by atoms with van der Waals surface area (Å²) in [4.78, 5) is 8.76. The molecule has 0 unspecified atom stereocenters. The Morgan fingerprint density at radius 3 is 2.56 bits per heavy atom. The van der Waals surface area contributed by atoms with Crippen LogP contribution >= 0.6 is 0 Å². The van der Waals surface area contributed by atoms with Crippen molar-refractivity contribution in [3.63, 3.8) is 0 Å². The molecular weight excluding hydrogens is 226 g/mol. The zero-order chi connectivity index (χ0) is 12.8. The molecule has 0 amide bonds. The van der Waals surface area contributed by atoms with Crippen molar-refractivity contribution >= 4 is 0 Å². The lowest BCUT2D eigenvalue weighted by atomic mass is 10.2. The SMILES string of the molecule is CCNCc1cnc(-c2ccccc2OC)nc1. The minimum atomic E-state index is 0.688. The third-order valence-electron chi connectivity index (χ3n) is 2.63. The standard InChI is InChI=1S/C14H17N3O/c1-3-15-8-11-9-16-14(17-10-11)12-6-4-5-7-13(12)18-2/h4-7,9-10,15H,3,8H2,1-2H3. The van der Waals surface area contributed by atoms with Gasteiger partial charge in [-0.05, 0) is 18.7 Å². The minimum Gasteiger partial charge on any atom is -0.496 e. The van der Waals surface area contributed by atoms with Crippen molar-refractivity contribution in [1.29, 1.82) is 0 Å². The highest BCUT2D eigenvalue weighted by Gasteiger charge is 2.07. The van der Waals surface area contributed by atoms with Crippen LogP contribution in [0.5, 0.6) is 5.75 Å². The van der Waals surface area contributed by atoms with Crippen molar-refractivity contribution in [2.45, 2.75) is 13.5 Å². The summed E-state index contributed by atoms with van der Waals surface area (Å²) in [6, 6.07) is 7.75.